The number of halogens is 2. The van der Waals surface area contributed by atoms with E-state index in [1.54, 1.807) is 0 Å². The summed E-state index contributed by atoms with van der Waals surface area (Å²) in [7, 11) is 0. The molecule has 0 saturated carbocycles. The molecule has 0 bridgehead atoms. The Balaban J connectivity index is 2.61. The first kappa shape index (κ1) is 13.2. The summed E-state index contributed by atoms with van der Waals surface area (Å²) in [6.07, 6.45) is 2.10. The molecule has 0 aliphatic carbocycles. The lowest BCUT2D eigenvalue weighted by atomic mass is 10.2. The molecular formula is C10H13Br2NOS. The predicted molar refractivity (Wildman–Crippen MR) is 71.6 cm³/mol. The van der Waals surface area contributed by atoms with Crippen molar-refractivity contribution in [1.82, 2.24) is 5.32 Å². The van der Waals surface area contributed by atoms with E-state index >= 15 is 0 Å². The van der Waals surface area contributed by atoms with Crippen molar-refractivity contribution in [2.75, 3.05) is 0 Å². The van der Waals surface area contributed by atoms with Crippen LogP contribution in [0.4, 0.5) is 0 Å². The van der Waals surface area contributed by atoms with Crippen molar-refractivity contribution in [2.45, 2.75) is 32.7 Å². The van der Waals surface area contributed by atoms with E-state index in [1.807, 2.05) is 13.0 Å². The maximum absolute atomic E-state index is 11.8. The average Bonchev–Trinajstić information content (AvgIpc) is 2.47. The Morgan fingerprint density at radius 2 is 2.27 bits per heavy atom. The van der Waals surface area contributed by atoms with E-state index in [9.17, 15) is 4.79 Å². The van der Waals surface area contributed by atoms with Gasteiger partial charge in [0.15, 0.2) is 0 Å². The zero-order valence-electron chi connectivity index (χ0n) is 8.64. The van der Waals surface area contributed by atoms with Crippen molar-refractivity contribution in [3.8, 4) is 0 Å². The Morgan fingerprint density at radius 1 is 1.60 bits per heavy atom. The number of amides is 1. The lowest BCUT2D eigenvalue weighted by Gasteiger charge is -2.11. The van der Waals surface area contributed by atoms with E-state index in [1.165, 1.54) is 11.3 Å². The Bertz CT molecular complexity index is 332. The van der Waals surface area contributed by atoms with Crippen LogP contribution >= 0.6 is 43.2 Å². The average molecular weight is 355 g/mol. The van der Waals surface area contributed by atoms with Gasteiger partial charge in [0, 0.05) is 10.5 Å². The van der Waals surface area contributed by atoms with Crippen LogP contribution in [0.5, 0.6) is 0 Å². The van der Waals surface area contributed by atoms with E-state index < -0.39 is 0 Å². The Labute approximate surface area is 111 Å². The van der Waals surface area contributed by atoms with Gasteiger partial charge in [-0.3, -0.25) is 4.79 Å². The van der Waals surface area contributed by atoms with E-state index in [0.717, 1.165) is 26.0 Å². The molecule has 0 aliphatic heterocycles. The van der Waals surface area contributed by atoms with Gasteiger partial charge < -0.3 is 5.32 Å². The number of thiophene rings is 1. The van der Waals surface area contributed by atoms with Crippen molar-refractivity contribution >= 4 is 49.1 Å². The van der Waals surface area contributed by atoms with Gasteiger partial charge in [0.2, 0.25) is 0 Å². The summed E-state index contributed by atoms with van der Waals surface area (Å²) in [4.78, 5) is 12.5. The number of nitrogens with one attached hydrogen (secondary N) is 1. The first-order chi connectivity index (χ1) is 7.04. The van der Waals surface area contributed by atoms with Crippen LogP contribution in [-0.2, 0) is 0 Å². The topological polar surface area (TPSA) is 29.1 Å². The summed E-state index contributed by atoms with van der Waals surface area (Å²) in [5.41, 5.74) is 0. The summed E-state index contributed by atoms with van der Waals surface area (Å²) in [6.45, 7) is 4.14. The lowest BCUT2D eigenvalue weighted by Crippen LogP contribution is -2.31. The minimum Gasteiger partial charge on any atom is -0.349 e. The Morgan fingerprint density at radius 3 is 2.73 bits per heavy atom. The molecule has 84 valence electrons. The molecule has 1 N–H and O–H groups in total. The molecule has 0 saturated heterocycles. The minimum absolute atomic E-state index is 0.00681. The van der Waals surface area contributed by atoms with Crippen LogP contribution in [0.25, 0.3) is 0 Å². The Hall–Kier alpha value is 0.130. The molecule has 0 fully saturated rings. The van der Waals surface area contributed by atoms with Gasteiger partial charge in [-0.2, -0.15) is 0 Å². The van der Waals surface area contributed by atoms with Gasteiger partial charge >= 0.3 is 0 Å². The molecule has 2 nitrogen and oxygen atoms in total. The van der Waals surface area contributed by atoms with Crippen LogP contribution in [0.15, 0.2) is 14.3 Å². The van der Waals surface area contributed by atoms with Crippen LogP contribution in [-0.4, -0.2) is 11.9 Å². The number of hydrogen-bond donors (Lipinski definition) is 1. The van der Waals surface area contributed by atoms with E-state index in [4.69, 9.17) is 0 Å². The monoisotopic (exact) mass is 353 g/mol. The van der Waals surface area contributed by atoms with E-state index in [2.05, 4.69) is 44.1 Å². The van der Waals surface area contributed by atoms with Crippen molar-refractivity contribution in [2.24, 2.45) is 0 Å². The number of carbonyl (C=O) groups excluding carboxylic acids is 1. The highest BCUT2D eigenvalue weighted by Crippen LogP contribution is 2.32. The largest absolute Gasteiger partial charge is 0.349 e. The maximum atomic E-state index is 11.8. The molecular weight excluding hydrogens is 342 g/mol. The van der Waals surface area contributed by atoms with Crippen molar-refractivity contribution in [3.63, 3.8) is 0 Å². The molecule has 1 rings (SSSR count). The quantitative estimate of drug-likeness (QED) is 0.862. The van der Waals surface area contributed by atoms with Gasteiger partial charge in [-0.15, -0.1) is 11.3 Å². The van der Waals surface area contributed by atoms with Crippen LogP contribution in [0, 0.1) is 0 Å². The van der Waals surface area contributed by atoms with Gasteiger partial charge in [0.1, 0.15) is 0 Å². The standard InChI is InChI=1S/C10H13Br2NOS/c1-3-4-6(2)13-10(14)8-5-7(11)9(12)15-8/h5-6H,3-4H2,1-2H3,(H,13,14). The second-order valence-electron chi connectivity index (χ2n) is 3.40. The fourth-order valence-corrected chi connectivity index (χ4v) is 3.20. The molecule has 0 radical (unpaired) electrons. The van der Waals surface area contributed by atoms with E-state index in [-0.39, 0.29) is 11.9 Å². The third-order valence-corrected chi connectivity index (χ3v) is 5.22. The number of hydrogen-bond acceptors (Lipinski definition) is 2. The highest BCUT2D eigenvalue weighted by molar-refractivity contribution is 9.13. The molecule has 1 aromatic rings. The number of carbonyl (C=O) groups is 1. The molecule has 15 heavy (non-hydrogen) atoms. The third-order valence-electron chi connectivity index (χ3n) is 1.97. The van der Waals surface area contributed by atoms with E-state index in [0.29, 0.717) is 0 Å². The fourth-order valence-electron chi connectivity index (χ4n) is 1.26. The first-order valence-electron chi connectivity index (χ1n) is 4.80. The van der Waals surface area contributed by atoms with Crippen LogP contribution in [0.1, 0.15) is 36.4 Å². The second-order valence-corrected chi connectivity index (χ2v) is 6.62. The second kappa shape index (κ2) is 6.01. The van der Waals surface area contributed by atoms with Crippen LogP contribution in [0.3, 0.4) is 0 Å². The van der Waals surface area contributed by atoms with Gasteiger partial charge in [-0.05, 0) is 51.3 Å². The smallest absolute Gasteiger partial charge is 0.261 e. The van der Waals surface area contributed by atoms with Crippen molar-refractivity contribution in [1.29, 1.82) is 0 Å². The molecule has 5 heteroatoms. The van der Waals surface area contributed by atoms with Gasteiger partial charge in [-0.25, -0.2) is 0 Å². The molecule has 0 spiro atoms. The van der Waals surface area contributed by atoms with Crippen molar-refractivity contribution in [3.05, 3.63) is 19.2 Å². The molecule has 1 aromatic heterocycles. The zero-order chi connectivity index (χ0) is 11.4. The molecule has 1 heterocycles. The van der Waals surface area contributed by atoms with Gasteiger partial charge in [0.05, 0.1) is 8.66 Å². The predicted octanol–water partition coefficient (Wildman–Crippen LogP) is 4.19. The van der Waals surface area contributed by atoms with Gasteiger partial charge in [-0.1, -0.05) is 13.3 Å². The SMILES string of the molecule is CCCC(C)NC(=O)c1cc(Br)c(Br)s1. The normalized spacial score (nSPS) is 12.5. The fraction of sp³-hybridized carbons (Fsp3) is 0.500. The summed E-state index contributed by atoms with van der Waals surface area (Å²) < 4.78 is 1.89. The molecule has 0 aromatic carbocycles. The van der Waals surface area contributed by atoms with Crippen LogP contribution in [0.2, 0.25) is 0 Å². The zero-order valence-corrected chi connectivity index (χ0v) is 12.6. The van der Waals surface area contributed by atoms with Crippen molar-refractivity contribution < 1.29 is 4.79 Å². The van der Waals surface area contributed by atoms with Crippen LogP contribution < -0.4 is 5.32 Å². The molecule has 1 unspecified atom stereocenters. The minimum atomic E-state index is 0.00681. The maximum Gasteiger partial charge on any atom is 0.261 e. The van der Waals surface area contributed by atoms with Gasteiger partial charge in [0.25, 0.3) is 5.91 Å². The first-order valence-corrected chi connectivity index (χ1v) is 7.20. The number of rotatable bonds is 4. The summed E-state index contributed by atoms with van der Waals surface area (Å²) >= 11 is 8.18. The molecule has 1 amide bonds. The Kier molecular flexibility index (Phi) is 5.29. The summed E-state index contributed by atoms with van der Waals surface area (Å²) in [5.74, 6) is 0.00681. The highest BCUT2D eigenvalue weighted by atomic mass is 79.9. The third kappa shape index (κ3) is 3.89. The lowest BCUT2D eigenvalue weighted by molar-refractivity contribution is 0.0942. The summed E-state index contributed by atoms with van der Waals surface area (Å²) in [5, 5.41) is 2.97. The molecule has 1 atom stereocenters. The molecule has 0 aliphatic rings. The highest BCUT2D eigenvalue weighted by Gasteiger charge is 2.13. The summed E-state index contributed by atoms with van der Waals surface area (Å²) in [6, 6.07) is 2.07.